The zero-order chi connectivity index (χ0) is 16.1. The van der Waals surface area contributed by atoms with E-state index in [2.05, 4.69) is 5.32 Å². The van der Waals surface area contributed by atoms with E-state index in [0.717, 1.165) is 10.8 Å². The first-order valence-electron chi connectivity index (χ1n) is 6.93. The van der Waals surface area contributed by atoms with E-state index >= 15 is 0 Å². The van der Waals surface area contributed by atoms with Crippen LogP contribution in [0, 0.1) is 17.2 Å². The summed E-state index contributed by atoms with van der Waals surface area (Å²) in [6.07, 6.45) is 0.0623. The number of nitriles is 1. The minimum Gasteiger partial charge on any atom is -0.480 e. The Morgan fingerprint density at radius 3 is 2.59 bits per heavy atom. The van der Waals surface area contributed by atoms with Gasteiger partial charge in [-0.15, -0.1) is 0 Å². The normalized spacial score (nSPS) is 13.1. The molecule has 0 heterocycles. The molecule has 2 aromatic rings. The van der Waals surface area contributed by atoms with Crippen LogP contribution in [0.2, 0.25) is 0 Å². The smallest absolute Gasteiger partial charge is 0.326 e. The molecule has 0 aliphatic rings. The molecular formula is C17H16N2O3. The van der Waals surface area contributed by atoms with Crippen LogP contribution in [0.3, 0.4) is 0 Å². The van der Waals surface area contributed by atoms with Crippen LogP contribution in [-0.2, 0) is 4.79 Å². The second-order valence-electron chi connectivity index (χ2n) is 5.16. The summed E-state index contributed by atoms with van der Waals surface area (Å²) in [5, 5.41) is 22.2. The average molecular weight is 296 g/mol. The van der Waals surface area contributed by atoms with Crippen molar-refractivity contribution in [3.8, 4) is 6.07 Å². The molecule has 0 aliphatic heterocycles. The highest BCUT2D eigenvalue weighted by Crippen LogP contribution is 2.19. The fraction of sp³-hybridized carbons (Fsp3) is 0.235. The number of hydrogen-bond donors (Lipinski definition) is 2. The average Bonchev–Trinajstić information content (AvgIpc) is 2.51. The molecule has 0 fully saturated rings. The van der Waals surface area contributed by atoms with Crippen molar-refractivity contribution < 1.29 is 14.7 Å². The number of nitrogens with one attached hydrogen (secondary N) is 1. The number of carbonyl (C=O) groups is 2. The van der Waals surface area contributed by atoms with Gasteiger partial charge in [0.15, 0.2) is 0 Å². The zero-order valence-electron chi connectivity index (χ0n) is 12.1. The number of carboxylic acids is 1. The Labute approximate surface area is 128 Å². The molecule has 5 nitrogen and oxygen atoms in total. The fourth-order valence-electron chi connectivity index (χ4n) is 2.35. The van der Waals surface area contributed by atoms with Crippen LogP contribution < -0.4 is 5.32 Å². The number of fused-ring (bicyclic) bond motifs is 1. The second kappa shape index (κ2) is 6.72. The highest BCUT2D eigenvalue weighted by molar-refractivity contribution is 6.07. The Hall–Kier alpha value is -2.87. The summed E-state index contributed by atoms with van der Waals surface area (Å²) in [4.78, 5) is 23.7. The van der Waals surface area contributed by atoms with E-state index in [1.807, 2.05) is 36.4 Å². The summed E-state index contributed by atoms with van der Waals surface area (Å²) in [7, 11) is 0. The molecule has 0 unspecified atom stereocenters. The maximum absolute atomic E-state index is 12.4. The van der Waals surface area contributed by atoms with Crippen molar-refractivity contribution in [1.29, 1.82) is 5.26 Å². The third-order valence-corrected chi connectivity index (χ3v) is 3.57. The largest absolute Gasteiger partial charge is 0.480 e. The van der Waals surface area contributed by atoms with Gasteiger partial charge in [-0.05, 0) is 16.8 Å². The molecule has 0 spiro atoms. The summed E-state index contributed by atoms with van der Waals surface area (Å²) >= 11 is 0. The second-order valence-corrected chi connectivity index (χ2v) is 5.16. The van der Waals surface area contributed by atoms with Crippen molar-refractivity contribution in [2.24, 2.45) is 5.92 Å². The van der Waals surface area contributed by atoms with Crippen molar-refractivity contribution in [2.45, 2.75) is 19.4 Å². The molecule has 0 aliphatic carbocycles. The highest BCUT2D eigenvalue weighted by Gasteiger charge is 2.27. The van der Waals surface area contributed by atoms with Crippen LogP contribution in [0.4, 0.5) is 0 Å². The first kappa shape index (κ1) is 15.5. The molecule has 0 saturated heterocycles. The van der Waals surface area contributed by atoms with Crippen molar-refractivity contribution in [3.05, 3.63) is 48.0 Å². The Morgan fingerprint density at radius 2 is 1.91 bits per heavy atom. The van der Waals surface area contributed by atoms with Gasteiger partial charge in [0.25, 0.3) is 5.91 Å². The SMILES string of the molecule is C[C@H](CC#N)[C@H](NC(=O)c1cccc2ccccc12)C(=O)O. The fourth-order valence-corrected chi connectivity index (χ4v) is 2.35. The lowest BCUT2D eigenvalue weighted by Crippen LogP contribution is -2.45. The molecule has 0 bridgehead atoms. The van der Waals surface area contributed by atoms with E-state index in [9.17, 15) is 14.7 Å². The molecule has 0 radical (unpaired) electrons. The van der Waals surface area contributed by atoms with Crippen LogP contribution in [0.1, 0.15) is 23.7 Å². The summed E-state index contributed by atoms with van der Waals surface area (Å²) < 4.78 is 0. The Balaban J connectivity index is 2.30. The molecule has 22 heavy (non-hydrogen) atoms. The van der Waals surface area contributed by atoms with Gasteiger partial charge in [-0.1, -0.05) is 43.3 Å². The molecule has 2 aromatic carbocycles. The van der Waals surface area contributed by atoms with Gasteiger partial charge < -0.3 is 10.4 Å². The number of nitrogens with zero attached hydrogens (tertiary/aromatic N) is 1. The van der Waals surface area contributed by atoms with Crippen LogP contribution >= 0.6 is 0 Å². The lowest BCUT2D eigenvalue weighted by Gasteiger charge is -2.19. The Bertz CT molecular complexity index is 744. The van der Waals surface area contributed by atoms with Crippen LogP contribution in [-0.4, -0.2) is 23.0 Å². The number of carboxylic acid groups (broad SMARTS) is 1. The van der Waals surface area contributed by atoms with Crippen molar-refractivity contribution in [2.75, 3.05) is 0 Å². The van der Waals surface area contributed by atoms with Gasteiger partial charge >= 0.3 is 5.97 Å². The van der Waals surface area contributed by atoms with Crippen LogP contribution in [0.5, 0.6) is 0 Å². The van der Waals surface area contributed by atoms with E-state index in [0.29, 0.717) is 5.56 Å². The molecule has 0 aromatic heterocycles. The molecule has 2 rings (SSSR count). The lowest BCUT2D eigenvalue weighted by molar-refractivity contribution is -0.140. The van der Waals surface area contributed by atoms with Crippen molar-refractivity contribution in [1.82, 2.24) is 5.32 Å². The maximum Gasteiger partial charge on any atom is 0.326 e. The molecule has 2 N–H and O–H groups in total. The van der Waals surface area contributed by atoms with Crippen molar-refractivity contribution in [3.63, 3.8) is 0 Å². The van der Waals surface area contributed by atoms with Gasteiger partial charge in [-0.2, -0.15) is 5.26 Å². The van der Waals surface area contributed by atoms with E-state index in [1.165, 1.54) is 0 Å². The third kappa shape index (κ3) is 3.23. The number of rotatable bonds is 5. The minimum absolute atomic E-state index is 0.0623. The summed E-state index contributed by atoms with van der Waals surface area (Å²) in [6.45, 7) is 1.63. The topological polar surface area (TPSA) is 90.2 Å². The summed E-state index contributed by atoms with van der Waals surface area (Å²) in [6, 6.07) is 13.5. The van der Waals surface area contributed by atoms with Gasteiger partial charge in [-0.3, -0.25) is 4.79 Å². The first-order valence-corrected chi connectivity index (χ1v) is 6.93. The van der Waals surface area contributed by atoms with E-state index in [1.54, 1.807) is 19.1 Å². The third-order valence-electron chi connectivity index (χ3n) is 3.57. The van der Waals surface area contributed by atoms with E-state index in [-0.39, 0.29) is 6.42 Å². The molecule has 1 amide bonds. The van der Waals surface area contributed by atoms with Crippen molar-refractivity contribution >= 4 is 22.6 Å². The maximum atomic E-state index is 12.4. The standard InChI is InChI=1S/C17H16N2O3/c1-11(9-10-18)15(17(21)22)19-16(20)14-8-4-6-12-5-2-3-7-13(12)14/h2-8,11,15H,9H2,1H3,(H,19,20)(H,21,22)/t11-,15+/m1/s1. The first-order chi connectivity index (χ1) is 10.5. The quantitative estimate of drug-likeness (QED) is 0.887. The molecule has 5 heteroatoms. The number of hydrogen-bond acceptors (Lipinski definition) is 3. The molecule has 0 saturated carbocycles. The number of aliphatic carboxylic acids is 1. The molecule has 2 atom stereocenters. The van der Waals surface area contributed by atoms with Crippen LogP contribution in [0.25, 0.3) is 10.8 Å². The van der Waals surface area contributed by atoms with Gasteiger partial charge in [0.05, 0.1) is 6.07 Å². The summed E-state index contributed by atoms with van der Waals surface area (Å²) in [5.74, 6) is -2.06. The van der Waals surface area contributed by atoms with E-state index < -0.39 is 23.8 Å². The monoisotopic (exact) mass is 296 g/mol. The minimum atomic E-state index is -1.14. The van der Waals surface area contributed by atoms with Gasteiger partial charge in [0, 0.05) is 17.9 Å². The van der Waals surface area contributed by atoms with E-state index in [4.69, 9.17) is 5.26 Å². The highest BCUT2D eigenvalue weighted by atomic mass is 16.4. The zero-order valence-corrected chi connectivity index (χ0v) is 12.1. The number of amides is 1. The lowest BCUT2D eigenvalue weighted by atomic mass is 9.98. The van der Waals surface area contributed by atoms with Gasteiger partial charge in [0.2, 0.25) is 0 Å². The predicted molar refractivity (Wildman–Crippen MR) is 82.2 cm³/mol. The number of carbonyl (C=O) groups excluding carboxylic acids is 1. The van der Waals surface area contributed by atoms with Crippen LogP contribution in [0.15, 0.2) is 42.5 Å². The molecular weight excluding hydrogens is 280 g/mol. The Morgan fingerprint density at radius 1 is 1.23 bits per heavy atom. The summed E-state index contributed by atoms with van der Waals surface area (Å²) in [5.41, 5.74) is 0.425. The molecule has 112 valence electrons. The van der Waals surface area contributed by atoms with Gasteiger partial charge in [-0.25, -0.2) is 4.79 Å². The number of benzene rings is 2. The Kier molecular flexibility index (Phi) is 4.74. The van der Waals surface area contributed by atoms with Gasteiger partial charge in [0.1, 0.15) is 6.04 Å². The predicted octanol–water partition coefficient (Wildman–Crippen LogP) is 2.57.